The summed E-state index contributed by atoms with van der Waals surface area (Å²) in [4.78, 5) is 10.4. The molecule has 10 rings (SSSR count). The Bertz CT molecular complexity index is 2760. The van der Waals surface area contributed by atoms with Crippen LogP contribution >= 0.6 is 0 Å². The monoisotopic (exact) mass is 702 g/mol. The number of hydrogen-bond donors (Lipinski definition) is 5. The van der Waals surface area contributed by atoms with E-state index in [1.165, 1.54) is 33.4 Å². The summed E-state index contributed by atoms with van der Waals surface area (Å²) in [7, 11) is 0. The van der Waals surface area contributed by atoms with Crippen molar-refractivity contribution in [2.24, 2.45) is 0 Å². The second-order valence-electron chi connectivity index (χ2n) is 13.6. The molecule has 0 atom stereocenters. The number of nitrogens with zero attached hydrogens (tertiary/aromatic N) is 2. The lowest BCUT2D eigenvalue weighted by molar-refractivity contribution is 0.330. The molecule has 2 aliphatic carbocycles. The molecule has 258 valence electrons. The van der Waals surface area contributed by atoms with E-state index in [0.717, 1.165) is 33.5 Å². The van der Waals surface area contributed by atoms with Crippen molar-refractivity contribution < 1.29 is 25.5 Å². The van der Waals surface area contributed by atoms with Gasteiger partial charge in [-0.2, -0.15) is 0 Å². The van der Waals surface area contributed by atoms with Gasteiger partial charge >= 0.3 is 0 Å². The van der Waals surface area contributed by atoms with Gasteiger partial charge in [0.25, 0.3) is 0 Å². The minimum atomic E-state index is -1.00. The zero-order valence-electron chi connectivity index (χ0n) is 28.6. The van der Waals surface area contributed by atoms with Gasteiger partial charge in [-0.15, -0.1) is 0 Å². The van der Waals surface area contributed by atoms with Gasteiger partial charge in [-0.05, 0) is 56.1 Å². The van der Waals surface area contributed by atoms with Crippen LogP contribution in [0.2, 0.25) is 0 Å². The van der Waals surface area contributed by atoms with Gasteiger partial charge in [-0.1, -0.05) is 146 Å². The number of hydrogen-bond acceptors (Lipinski definition) is 7. The van der Waals surface area contributed by atoms with E-state index in [1.807, 2.05) is 36.4 Å². The lowest BCUT2D eigenvalue weighted by Crippen LogP contribution is -2.25. The van der Waals surface area contributed by atoms with Crippen molar-refractivity contribution in [1.82, 2.24) is 9.97 Å². The Morgan fingerprint density at radius 2 is 0.759 bits per heavy atom. The highest BCUT2D eigenvalue weighted by Gasteiger charge is 2.52. The topological polar surface area (TPSA) is 127 Å². The molecule has 0 fully saturated rings. The van der Waals surface area contributed by atoms with Gasteiger partial charge in [0.2, 0.25) is 17.2 Å². The van der Waals surface area contributed by atoms with Crippen LogP contribution in [0.5, 0.6) is 28.7 Å². The molecule has 0 saturated carbocycles. The summed E-state index contributed by atoms with van der Waals surface area (Å²) in [5.41, 5.74) is 13.1. The lowest BCUT2D eigenvalue weighted by atomic mass is 9.70. The molecule has 0 unspecified atom stereocenters. The van der Waals surface area contributed by atoms with Crippen LogP contribution in [-0.4, -0.2) is 35.5 Å². The van der Waals surface area contributed by atoms with Gasteiger partial charge in [0, 0.05) is 16.7 Å². The van der Waals surface area contributed by atoms with Crippen LogP contribution in [-0.2, 0) is 5.41 Å². The normalized spacial score (nSPS) is 13.0. The molecule has 5 N–H and O–H groups in total. The molecule has 7 heteroatoms. The second kappa shape index (κ2) is 11.6. The van der Waals surface area contributed by atoms with Crippen LogP contribution in [0.1, 0.15) is 22.3 Å². The summed E-state index contributed by atoms with van der Waals surface area (Å²) in [5.74, 6) is -3.82. The predicted molar refractivity (Wildman–Crippen MR) is 208 cm³/mol. The molecule has 7 aromatic carbocycles. The predicted octanol–water partition coefficient (Wildman–Crippen LogP) is 10.0. The molecule has 1 aromatic heterocycles. The van der Waals surface area contributed by atoms with E-state index in [4.69, 9.17) is 9.97 Å². The molecule has 0 saturated heterocycles. The Balaban J connectivity index is 1.19. The summed E-state index contributed by atoms with van der Waals surface area (Å²) in [6.45, 7) is 0. The van der Waals surface area contributed by atoms with Crippen molar-refractivity contribution in [2.75, 3.05) is 0 Å². The molecule has 0 amide bonds. The number of benzene rings is 7. The van der Waals surface area contributed by atoms with Gasteiger partial charge in [0.05, 0.1) is 22.4 Å². The Morgan fingerprint density at radius 1 is 0.333 bits per heavy atom. The van der Waals surface area contributed by atoms with Crippen molar-refractivity contribution in [3.8, 4) is 96.0 Å². The fraction of sp³-hybridized carbons (Fsp3) is 0.0213. The van der Waals surface area contributed by atoms with Crippen molar-refractivity contribution in [2.45, 2.75) is 5.41 Å². The van der Waals surface area contributed by atoms with Gasteiger partial charge in [0.15, 0.2) is 17.3 Å². The van der Waals surface area contributed by atoms with Crippen molar-refractivity contribution in [1.29, 1.82) is 0 Å². The first-order chi connectivity index (χ1) is 26.4. The van der Waals surface area contributed by atoms with Crippen molar-refractivity contribution >= 4 is 0 Å². The molecule has 54 heavy (non-hydrogen) atoms. The molecule has 1 spiro atoms. The number of phenols is 5. The van der Waals surface area contributed by atoms with Crippen LogP contribution in [0.4, 0.5) is 0 Å². The van der Waals surface area contributed by atoms with Gasteiger partial charge in [0.1, 0.15) is 0 Å². The molecular formula is C47H30N2O5. The van der Waals surface area contributed by atoms with Crippen LogP contribution in [0.25, 0.3) is 67.3 Å². The summed E-state index contributed by atoms with van der Waals surface area (Å²) >= 11 is 0. The smallest absolute Gasteiger partial charge is 0.208 e. The van der Waals surface area contributed by atoms with Gasteiger partial charge in [-0.3, -0.25) is 0 Å². The lowest BCUT2D eigenvalue weighted by Gasteiger charge is -2.30. The third-order valence-electron chi connectivity index (χ3n) is 10.9. The minimum absolute atomic E-state index is 0.217. The van der Waals surface area contributed by atoms with Crippen LogP contribution in [0.3, 0.4) is 0 Å². The summed E-state index contributed by atoms with van der Waals surface area (Å²) in [6, 6.07) is 51.2. The Kier molecular flexibility index (Phi) is 6.72. The Hall–Kier alpha value is -7.38. The first-order valence-corrected chi connectivity index (χ1v) is 17.5. The molecule has 0 radical (unpaired) electrons. The number of fused-ring (bicyclic) bond motifs is 10. The highest BCUT2D eigenvalue weighted by atomic mass is 16.4. The average molecular weight is 703 g/mol. The maximum Gasteiger partial charge on any atom is 0.208 e. The molecule has 2 aliphatic rings. The molecular weight excluding hydrogens is 673 g/mol. The quantitative estimate of drug-likeness (QED) is 0.0913. The summed E-state index contributed by atoms with van der Waals surface area (Å²) < 4.78 is 0. The van der Waals surface area contributed by atoms with E-state index >= 15 is 0 Å². The third kappa shape index (κ3) is 4.23. The average Bonchev–Trinajstić information content (AvgIpc) is 3.70. The number of phenolic OH excluding ortho intramolecular Hbond substituents is 5. The molecule has 7 nitrogen and oxygen atoms in total. The van der Waals surface area contributed by atoms with E-state index in [1.54, 1.807) is 24.3 Å². The van der Waals surface area contributed by atoms with Gasteiger partial charge < -0.3 is 25.5 Å². The van der Waals surface area contributed by atoms with Crippen molar-refractivity contribution in [3.05, 3.63) is 174 Å². The molecule has 0 bridgehead atoms. The Labute approximate surface area is 310 Å². The largest absolute Gasteiger partial charge is 0.504 e. The Morgan fingerprint density at radius 3 is 1.35 bits per heavy atom. The maximum atomic E-state index is 10.6. The highest BCUT2D eigenvalue weighted by Crippen LogP contribution is 2.64. The van der Waals surface area contributed by atoms with E-state index in [9.17, 15) is 25.5 Å². The minimum Gasteiger partial charge on any atom is -0.504 e. The fourth-order valence-corrected chi connectivity index (χ4v) is 8.57. The van der Waals surface area contributed by atoms with E-state index in [-0.39, 0.29) is 5.56 Å². The zero-order chi connectivity index (χ0) is 36.7. The van der Waals surface area contributed by atoms with Crippen LogP contribution < -0.4 is 0 Å². The number of aromatic nitrogens is 2. The zero-order valence-corrected chi connectivity index (χ0v) is 28.6. The maximum absolute atomic E-state index is 10.6. The van der Waals surface area contributed by atoms with E-state index in [2.05, 4.69) is 91.0 Å². The van der Waals surface area contributed by atoms with Gasteiger partial charge in [-0.25, -0.2) is 9.97 Å². The molecule has 0 aliphatic heterocycles. The van der Waals surface area contributed by atoms with E-state index in [0.29, 0.717) is 17.1 Å². The standard InChI is InChI=1S/C47H30N2O5/c50-41-39(42(51)44(53)45(54)43(41)52)28-23-21-27(22-24-28)38-25-37(26-11-2-1-3-12-26)48-46(49-38)32-16-10-20-36-40(32)31-15-6-9-19-35(31)47(36)33-17-7-4-13-29(33)30-14-5-8-18-34(30)47/h1-25,50-54H. The summed E-state index contributed by atoms with van der Waals surface area (Å²) in [5, 5.41) is 51.4. The second-order valence-corrected chi connectivity index (χ2v) is 13.6. The SMILES string of the molecule is Oc1c(O)c(O)c(-c2ccc(-c3cc(-c4ccccc4)nc(-c4cccc5c4-c4ccccc4C54c5ccccc5-c5ccccc54)n3)cc2)c(O)c1O. The van der Waals surface area contributed by atoms with Crippen molar-refractivity contribution in [3.63, 3.8) is 0 Å². The van der Waals surface area contributed by atoms with Crippen LogP contribution in [0, 0.1) is 0 Å². The number of rotatable bonds is 4. The first-order valence-electron chi connectivity index (χ1n) is 17.5. The molecule has 8 aromatic rings. The first kappa shape index (κ1) is 31.4. The summed E-state index contributed by atoms with van der Waals surface area (Å²) in [6.07, 6.45) is 0. The van der Waals surface area contributed by atoms with E-state index < -0.39 is 34.2 Å². The number of aromatic hydroxyl groups is 5. The molecule has 1 heterocycles. The fourth-order valence-electron chi connectivity index (χ4n) is 8.57. The van der Waals surface area contributed by atoms with Crippen LogP contribution in [0.15, 0.2) is 152 Å². The third-order valence-corrected chi connectivity index (χ3v) is 10.9. The highest BCUT2D eigenvalue weighted by molar-refractivity contribution is 5.99.